The second-order valence-corrected chi connectivity index (χ2v) is 6.19. The quantitative estimate of drug-likeness (QED) is 0.802. The zero-order chi connectivity index (χ0) is 19.9. The zero-order valence-corrected chi connectivity index (χ0v) is 15.9. The normalized spacial score (nSPS) is 13.8. The fourth-order valence-corrected chi connectivity index (χ4v) is 2.80. The Morgan fingerprint density at radius 2 is 1.79 bits per heavy atom. The van der Waals surface area contributed by atoms with Crippen molar-refractivity contribution in [1.82, 2.24) is 20.1 Å². The minimum atomic E-state index is -0.284. The highest BCUT2D eigenvalue weighted by Crippen LogP contribution is 2.19. The summed E-state index contributed by atoms with van der Waals surface area (Å²) in [6.45, 7) is 6.04. The van der Waals surface area contributed by atoms with E-state index >= 15 is 0 Å². The van der Waals surface area contributed by atoms with Crippen LogP contribution in [0.5, 0.6) is 0 Å². The van der Waals surface area contributed by atoms with Gasteiger partial charge in [-0.1, -0.05) is 0 Å². The molecule has 1 fully saturated rings. The Hall–Kier alpha value is -3.43. The van der Waals surface area contributed by atoms with Gasteiger partial charge < -0.3 is 25.2 Å². The summed E-state index contributed by atoms with van der Waals surface area (Å²) >= 11 is 0. The van der Waals surface area contributed by atoms with Crippen molar-refractivity contribution in [3.8, 4) is 0 Å². The Balaban J connectivity index is 1.60. The van der Waals surface area contributed by atoms with E-state index in [2.05, 4.69) is 30.7 Å². The van der Waals surface area contributed by atoms with Crippen molar-refractivity contribution in [2.45, 2.75) is 13.8 Å². The monoisotopic (exact) mass is 385 g/mol. The number of nitrogens with zero attached hydrogens (tertiary/aromatic N) is 5. The summed E-state index contributed by atoms with van der Waals surface area (Å²) in [4.78, 5) is 31.1. The van der Waals surface area contributed by atoms with Gasteiger partial charge in [0.25, 0.3) is 0 Å². The molecule has 2 heterocycles. The van der Waals surface area contributed by atoms with Crippen LogP contribution >= 0.6 is 0 Å². The second kappa shape index (κ2) is 8.98. The number of anilines is 4. The lowest BCUT2D eigenvalue weighted by atomic mass is 10.3. The summed E-state index contributed by atoms with van der Waals surface area (Å²) in [5, 5.41) is 13.8. The van der Waals surface area contributed by atoms with E-state index in [1.807, 2.05) is 12.1 Å². The number of ether oxygens (including phenoxy) is 1. The molecule has 0 atom stereocenters. The van der Waals surface area contributed by atoms with Gasteiger partial charge in [0.1, 0.15) is 0 Å². The molecule has 10 heteroatoms. The van der Waals surface area contributed by atoms with Gasteiger partial charge in [-0.25, -0.2) is 4.79 Å². The van der Waals surface area contributed by atoms with E-state index in [9.17, 15) is 9.59 Å². The van der Waals surface area contributed by atoms with Crippen molar-refractivity contribution in [3.63, 3.8) is 0 Å². The number of rotatable bonds is 5. The first kappa shape index (κ1) is 19.3. The molecule has 3 rings (SSSR count). The first-order valence-electron chi connectivity index (χ1n) is 9.06. The number of benzene rings is 1. The predicted octanol–water partition coefficient (Wildman–Crippen LogP) is 1.85. The molecule has 0 spiro atoms. The highest BCUT2D eigenvalue weighted by Gasteiger charge is 2.23. The number of carbonyl (C=O) groups excluding carboxylic acids is 2. The summed E-state index contributed by atoms with van der Waals surface area (Å²) in [5.74, 6) is 0.942. The molecule has 28 heavy (non-hydrogen) atoms. The van der Waals surface area contributed by atoms with Crippen molar-refractivity contribution in [3.05, 3.63) is 30.5 Å². The summed E-state index contributed by atoms with van der Waals surface area (Å²) in [7, 11) is 0. The summed E-state index contributed by atoms with van der Waals surface area (Å²) in [6, 6.07) is 7.21. The van der Waals surface area contributed by atoms with Crippen molar-refractivity contribution < 1.29 is 14.3 Å². The molecule has 0 unspecified atom stereocenters. The molecule has 1 saturated heterocycles. The molecule has 1 aromatic heterocycles. The first-order chi connectivity index (χ1) is 13.5. The molecule has 2 amide bonds. The van der Waals surface area contributed by atoms with Crippen LogP contribution in [0.25, 0.3) is 0 Å². The van der Waals surface area contributed by atoms with Crippen LogP contribution in [0.15, 0.2) is 30.5 Å². The third kappa shape index (κ3) is 5.06. The predicted molar refractivity (Wildman–Crippen MR) is 105 cm³/mol. The van der Waals surface area contributed by atoms with Crippen LogP contribution in [0.4, 0.5) is 27.9 Å². The number of nitrogens with one attached hydrogen (secondary N) is 2. The lowest BCUT2D eigenvalue weighted by Gasteiger charge is -2.34. The Morgan fingerprint density at radius 1 is 1.11 bits per heavy atom. The van der Waals surface area contributed by atoms with Gasteiger partial charge in [-0.15, -0.1) is 5.10 Å². The van der Waals surface area contributed by atoms with Gasteiger partial charge in [-0.3, -0.25) is 4.79 Å². The van der Waals surface area contributed by atoms with Gasteiger partial charge in [0, 0.05) is 44.5 Å². The molecule has 0 radical (unpaired) electrons. The fourth-order valence-electron chi connectivity index (χ4n) is 2.80. The van der Waals surface area contributed by atoms with E-state index < -0.39 is 0 Å². The number of carbonyl (C=O) groups is 2. The van der Waals surface area contributed by atoms with Crippen LogP contribution < -0.4 is 15.5 Å². The van der Waals surface area contributed by atoms with Crippen LogP contribution in [-0.4, -0.2) is 64.9 Å². The Kier molecular flexibility index (Phi) is 6.20. The minimum Gasteiger partial charge on any atom is -0.450 e. The topological polar surface area (TPSA) is 113 Å². The molecule has 1 aliphatic rings. The zero-order valence-electron chi connectivity index (χ0n) is 15.9. The summed E-state index contributed by atoms with van der Waals surface area (Å²) in [5.41, 5.74) is 1.49. The molecule has 0 saturated carbocycles. The van der Waals surface area contributed by atoms with E-state index in [0.29, 0.717) is 50.2 Å². The van der Waals surface area contributed by atoms with Crippen LogP contribution in [0, 0.1) is 0 Å². The molecule has 1 aromatic carbocycles. The van der Waals surface area contributed by atoms with E-state index in [0.717, 1.165) is 5.69 Å². The number of amides is 2. The lowest BCUT2D eigenvalue weighted by Crippen LogP contribution is -2.49. The van der Waals surface area contributed by atoms with E-state index in [4.69, 9.17) is 4.74 Å². The molecule has 1 aliphatic heterocycles. The van der Waals surface area contributed by atoms with Gasteiger partial charge in [0.2, 0.25) is 11.9 Å². The van der Waals surface area contributed by atoms with Crippen molar-refractivity contribution in [2.24, 2.45) is 0 Å². The molecule has 0 aliphatic carbocycles. The Morgan fingerprint density at radius 3 is 2.43 bits per heavy atom. The van der Waals surface area contributed by atoms with Gasteiger partial charge >= 0.3 is 6.09 Å². The lowest BCUT2D eigenvalue weighted by molar-refractivity contribution is -0.114. The van der Waals surface area contributed by atoms with Gasteiger partial charge in [-0.2, -0.15) is 10.1 Å². The maximum absolute atomic E-state index is 11.8. The molecule has 148 valence electrons. The van der Waals surface area contributed by atoms with E-state index in [-0.39, 0.29) is 12.0 Å². The Labute approximate surface area is 162 Å². The van der Waals surface area contributed by atoms with Crippen LogP contribution in [0.3, 0.4) is 0 Å². The second-order valence-electron chi connectivity index (χ2n) is 6.19. The number of hydrogen-bond donors (Lipinski definition) is 2. The third-order valence-corrected chi connectivity index (χ3v) is 4.14. The largest absolute Gasteiger partial charge is 0.450 e. The first-order valence-corrected chi connectivity index (χ1v) is 9.06. The Bertz CT molecular complexity index is 820. The van der Waals surface area contributed by atoms with Crippen LogP contribution in [0.1, 0.15) is 13.8 Å². The maximum Gasteiger partial charge on any atom is 0.409 e. The van der Waals surface area contributed by atoms with Crippen LogP contribution in [0.2, 0.25) is 0 Å². The molecule has 10 nitrogen and oxygen atoms in total. The number of aromatic nitrogens is 3. The molecule has 0 bridgehead atoms. The average Bonchev–Trinajstić information content (AvgIpc) is 2.70. The number of piperazine rings is 1. The standard InChI is InChI=1S/C18H23N7O3/c1-3-28-18(27)25-10-8-24(9-11-25)16-12-19-23-17(22-16)21-15-6-4-14(5-7-15)20-13(2)26/h4-7,12H,3,8-11H2,1-2H3,(H,20,26)(H,21,22,23). The SMILES string of the molecule is CCOC(=O)N1CCN(c2cnnc(Nc3ccc(NC(C)=O)cc3)n2)CC1. The van der Waals surface area contributed by atoms with Gasteiger partial charge in [0.05, 0.1) is 12.8 Å². The van der Waals surface area contributed by atoms with Crippen molar-refractivity contribution in [2.75, 3.05) is 48.3 Å². The van der Waals surface area contributed by atoms with E-state index in [1.54, 1.807) is 30.2 Å². The minimum absolute atomic E-state index is 0.121. The highest BCUT2D eigenvalue weighted by molar-refractivity contribution is 5.88. The molecular weight excluding hydrogens is 362 g/mol. The summed E-state index contributed by atoms with van der Waals surface area (Å²) in [6.07, 6.45) is 1.32. The third-order valence-electron chi connectivity index (χ3n) is 4.14. The molecular formula is C18H23N7O3. The van der Waals surface area contributed by atoms with Gasteiger partial charge in [-0.05, 0) is 31.2 Å². The summed E-state index contributed by atoms with van der Waals surface area (Å²) < 4.78 is 5.03. The van der Waals surface area contributed by atoms with Crippen molar-refractivity contribution >= 4 is 35.1 Å². The van der Waals surface area contributed by atoms with Crippen LogP contribution in [-0.2, 0) is 9.53 Å². The van der Waals surface area contributed by atoms with E-state index in [1.165, 1.54) is 6.92 Å². The number of hydrogen-bond acceptors (Lipinski definition) is 8. The van der Waals surface area contributed by atoms with Crippen molar-refractivity contribution in [1.29, 1.82) is 0 Å². The smallest absolute Gasteiger partial charge is 0.409 e. The molecule has 2 aromatic rings. The highest BCUT2D eigenvalue weighted by atomic mass is 16.6. The van der Waals surface area contributed by atoms with Gasteiger partial charge in [0.15, 0.2) is 5.82 Å². The molecule has 2 N–H and O–H groups in total. The fraction of sp³-hybridized carbons (Fsp3) is 0.389. The average molecular weight is 385 g/mol. The maximum atomic E-state index is 11.8.